The lowest BCUT2D eigenvalue weighted by Crippen LogP contribution is -2.50. The van der Waals surface area contributed by atoms with Gasteiger partial charge in [0, 0.05) is 61.8 Å². The summed E-state index contributed by atoms with van der Waals surface area (Å²) in [5, 5.41) is 14.8. The Balaban J connectivity index is 1.41. The van der Waals surface area contributed by atoms with Crippen LogP contribution in [0.2, 0.25) is 0 Å². The first kappa shape index (κ1) is 23.5. The molecule has 33 heavy (non-hydrogen) atoms. The maximum atomic E-state index is 12.9. The maximum Gasteiger partial charge on any atom is 0.273 e. The minimum atomic E-state index is -0.0120. The standard InChI is InChI=1S/C23H32N8OS/c1-16(2)30-9-11-31(12-10-30)22(32)19-15-33-23(26-19)28-20-13-17(3)25-21(27-20)18-5-4-7-29(14-18)8-6-24/h13,15-16,18H,4-5,7-12,14H2,1-3H3,(H,25,26,27,28)/t18-/m1/s1. The number of hydrogen-bond acceptors (Lipinski definition) is 9. The van der Waals surface area contributed by atoms with Crippen molar-refractivity contribution in [1.82, 2.24) is 29.7 Å². The molecule has 0 bridgehead atoms. The number of piperazine rings is 1. The average molecular weight is 469 g/mol. The molecule has 0 radical (unpaired) electrons. The molecule has 2 saturated heterocycles. The Bertz CT molecular complexity index is 1010. The Labute approximate surface area is 199 Å². The van der Waals surface area contributed by atoms with E-state index in [2.05, 4.69) is 45.0 Å². The third kappa shape index (κ3) is 5.85. The number of thiazole rings is 1. The van der Waals surface area contributed by atoms with E-state index < -0.39 is 0 Å². The molecule has 0 aliphatic carbocycles. The van der Waals surface area contributed by atoms with Crippen LogP contribution in [0, 0.1) is 18.3 Å². The molecule has 9 nitrogen and oxygen atoms in total. The first-order chi connectivity index (χ1) is 15.9. The summed E-state index contributed by atoms with van der Waals surface area (Å²) < 4.78 is 0. The second-order valence-electron chi connectivity index (χ2n) is 9.07. The van der Waals surface area contributed by atoms with E-state index >= 15 is 0 Å². The van der Waals surface area contributed by atoms with Crippen molar-refractivity contribution in [2.75, 3.05) is 51.1 Å². The van der Waals surface area contributed by atoms with Crippen LogP contribution in [0.1, 0.15) is 54.6 Å². The van der Waals surface area contributed by atoms with Gasteiger partial charge in [-0.2, -0.15) is 5.26 Å². The number of nitrogens with zero attached hydrogens (tertiary/aromatic N) is 7. The van der Waals surface area contributed by atoms with Crippen molar-refractivity contribution < 1.29 is 4.79 Å². The third-order valence-corrected chi connectivity index (χ3v) is 7.08. The van der Waals surface area contributed by atoms with E-state index in [1.807, 2.05) is 23.3 Å². The van der Waals surface area contributed by atoms with E-state index in [0.29, 0.717) is 29.2 Å². The molecule has 1 atom stereocenters. The predicted molar refractivity (Wildman–Crippen MR) is 129 cm³/mol. The molecule has 2 aliphatic rings. The molecule has 0 unspecified atom stereocenters. The molecule has 176 valence electrons. The third-order valence-electron chi connectivity index (χ3n) is 6.33. The van der Waals surface area contributed by atoms with Crippen LogP contribution in [0.5, 0.6) is 0 Å². The number of carbonyl (C=O) groups is 1. The molecule has 0 aromatic carbocycles. The number of rotatable bonds is 6. The lowest BCUT2D eigenvalue weighted by molar-refractivity contribution is 0.0591. The van der Waals surface area contributed by atoms with Gasteiger partial charge in [-0.25, -0.2) is 15.0 Å². The Morgan fingerprint density at radius 1 is 1.24 bits per heavy atom. The number of anilines is 2. The highest BCUT2D eigenvalue weighted by molar-refractivity contribution is 7.14. The number of amides is 1. The fraction of sp³-hybridized carbons (Fsp3) is 0.609. The number of aromatic nitrogens is 3. The van der Waals surface area contributed by atoms with Gasteiger partial charge in [0.15, 0.2) is 5.13 Å². The van der Waals surface area contributed by atoms with Crippen LogP contribution in [0.15, 0.2) is 11.4 Å². The van der Waals surface area contributed by atoms with Crippen molar-refractivity contribution in [3.05, 3.63) is 28.7 Å². The number of aryl methyl sites for hydroxylation is 1. The molecule has 4 rings (SSSR count). The Morgan fingerprint density at radius 3 is 2.76 bits per heavy atom. The van der Waals surface area contributed by atoms with Crippen molar-refractivity contribution in [2.45, 2.75) is 45.6 Å². The molecule has 0 spiro atoms. The molecule has 0 saturated carbocycles. The number of carbonyl (C=O) groups excluding carboxylic acids is 1. The molecule has 1 N–H and O–H groups in total. The topological polar surface area (TPSA) is 101 Å². The van der Waals surface area contributed by atoms with Gasteiger partial charge >= 0.3 is 0 Å². The molecular formula is C23H32N8OS. The van der Waals surface area contributed by atoms with Gasteiger partial charge in [0.2, 0.25) is 0 Å². The number of nitrogens with one attached hydrogen (secondary N) is 1. The predicted octanol–water partition coefficient (Wildman–Crippen LogP) is 2.85. The summed E-state index contributed by atoms with van der Waals surface area (Å²) in [5.41, 5.74) is 1.36. The number of hydrogen-bond donors (Lipinski definition) is 1. The monoisotopic (exact) mass is 468 g/mol. The first-order valence-electron chi connectivity index (χ1n) is 11.6. The zero-order valence-corrected chi connectivity index (χ0v) is 20.4. The lowest BCUT2D eigenvalue weighted by Gasteiger charge is -2.36. The van der Waals surface area contributed by atoms with Gasteiger partial charge in [-0.05, 0) is 40.2 Å². The molecule has 1 amide bonds. The molecule has 10 heteroatoms. The normalized spacial score (nSPS) is 20.1. The van der Waals surface area contributed by atoms with Crippen molar-refractivity contribution in [3.8, 4) is 6.07 Å². The summed E-state index contributed by atoms with van der Waals surface area (Å²) in [6, 6.07) is 4.64. The van der Waals surface area contributed by atoms with Crippen molar-refractivity contribution in [2.24, 2.45) is 0 Å². The van der Waals surface area contributed by atoms with Crippen LogP contribution in [0.3, 0.4) is 0 Å². The van der Waals surface area contributed by atoms with E-state index in [4.69, 9.17) is 10.2 Å². The summed E-state index contributed by atoms with van der Waals surface area (Å²) >= 11 is 1.41. The van der Waals surface area contributed by atoms with E-state index in [0.717, 1.165) is 63.6 Å². The van der Waals surface area contributed by atoms with Gasteiger partial charge in [0.25, 0.3) is 5.91 Å². The quantitative estimate of drug-likeness (QED) is 0.646. The van der Waals surface area contributed by atoms with Gasteiger partial charge in [0.05, 0.1) is 12.6 Å². The SMILES string of the molecule is Cc1cc(Nc2nc(C(=O)N3CCN(C(C)C)CC3)cs2)nc([C@@H]2CCCN(CC#N)C2)n1. The van der Waals surface area contributed by atoms with Gasteiger partial charge in [0.1, 0.15) is 17.3 Å². The lowest BCUT2D eigenvalue weighted by atomic mass is 9.97. The van der Waals surface area contributed by atoms with E-state index in [1.54, 1.807) is 0 Å². The summed E-state index contributed by atoms with van der Waals surface area (Å²) in [5.74, 6) is 1.69. The average Bonchev–Trinajstić information content (AvgIpc) is 3.27. The fourth-order valence-corrected chi connectivity index (χ4v) is 5.18. The van der Waals surface area contributed by atoms with Crippen LogP contribution in [0.25, 0.3) is 0 Å². The zero-order chi connectivity index (χ0) is 23.4. The molecule has 2 fully saturated rings. The van der Waals surface area contributed by atoms with Gasteiger partial charge in [-0.15, -0.1) is 11.3 Å². The van der Waals surface area contributed by atoms with Crippen molar-refractivity contribution >= 4 is 28.2 Å². The van der Waals surface area contributed by atoms with E-state index in [1.165, 1.54) is 11.3 Å². The van der Waals surface area contributed by atoms with Gasteiger partial charge in [-0.1, -0.05) is 0 Å². The van der Waals surface area contributed by atoms with E-state index in [-0.39, 0.29) is 11.8 Å². The van der Waals surface area contributed by atoms with Crippen LogP contribution < -0.4 is 5.32 Å². The molecule has 2 aromatic heterocycles. The summed E-state index contributed by atoms with van der Waals surface area (Å²) in [6.45, 7) is 11.8. The van der Waals surface area contributed by atoms with E-state index in [9.17, 15) is 4.79 Å². The molecule has 4 heterocycles. The maximum absolute atomic E-state index is 12.9. The number of nitriles is 1. The minimum absolute atomic E-state index is 0.0120. The number of likely N-dealkylation sites (tertiary alicyclic amines) is 1. The highest BCUT2D eigenvalue weighted by atomic mass is 32.1. The second-order valence-corrected chi connectivity index (χ2v) is 9.93. The fourth-order valence-electron chi connectivity index (χ4n) is 4.49. The highest BCUT2D eigenvalue weighted by Gasteiger charge is 2.26. The Morgan fingerprint density at radius 2 is 2.03 bits per heavy atom. The van der Waals surface area contributed by atoms with Crippen LogP contribution in [-0.2, 0) is 0 Å². The van der Waals surface area contributed by atoms with Crippen LogP contribution in [-0.4, -0.2) is 87.4 Å². The first-order valence-corrected chi connectivity index (χ1v) is 12.5. The molecular weight excluding hydrogens is 436 g/mol. The Kier molecular flexibility index (Phi) is 7.53. The smallest absolute Gasteiger partial charge is 0.273 e. The summed E-state index contributed by atoms with van der Waals surface area (Å²) in [7, 11) is 0. The second kappa shape index (κ2) is 10.5. The minimum Gasteiger partial charge on any atom is -0.335 e. The van der Waals surface area contributed by atoms with Crippen molar-refractivity contribution in [3.63, 3.8) is 0 Å². The summed E-state index contributed by atoms with van der Waals surface area (Å²) in [4.78, 5) is 33.3. The largest absolute Gasteiger partial charge is 0.335 e. The van der Waals surface area contributed by atoms with Crippen LogP contribution in [0.4, 0.5) is 10.9 Å². The number of piperidine rings is 1. The Hall–Kier alpha value is -2.61. The zero-order valence-electron chi connectivity index (χ0n) is 19.6. The van der Waals surface area contributed by atoms with Gasteiger partial charge < -0.3 is 10.2 Å². The molecule has 2 aromatic rings. The summed E-state index contributed by atoms with van der Waals surface area (Å²) in [6.07, 6.45) is 2.06. The van der Waals surface area contributed by atoms with Gasteiger partial charge in [-0.3, -0.25) is 14.6 Å². The highest BCUT2D eigenvalue weighted by Crippen LogP contribution is 2.27. The molecule has 2 aliphatic heterocycles. The van der Waals surface area contributed by atoms with Crippen LogP contribution >= 0.6 is 11.3 Å². The van der Waals surface area contributed by atoms with Crippen molar-refractivity contribution in [1.29, 1.82) is 5.26 Å².